The van der Waals surface area contributed by atoms with Crippen molar-refractivity contribution in [2.24, 2.45) is 13.0 Å². The quantitative estimate of drug-likeness (QED) is 0.319. The van der Waals surface area contributed by atoms with Crippen LogP contribution in [0.5, 0.6) is 5.75 Å². The number of anilines is 3. The first kappa shape index (κ1) is 26.2. The van der Waals surface area contributed by atoms with Crippen molar-refractivity contribution in [2.45, 2.75) is 27.3 Å². The Balaban J connectivity index is 1.79. The fourth-order valence-corrected chi connectivity index (χ4v) is 3.48. The molecule has 0 unspecified atom stereocenters. The lowest BCUT2D eigenvalue weighted by Crippen LogP contribution is -2.43. The number of nitrogens with one attached hydrogen (secondary N) is 1. The molecular formula is C25H29N5O6. The maximum Gasteiger partial charge on any atom is 0.342 e. The van der Waals surface area contributed by atoms with Gasteiger partial charge in [0.05, 0.1) is 6.61 Å². The van der Waals surface area contributed by atoms with Crippen molar-refractivity contribution in [3.8, 4) is 5.75 Å². The zero-order valence-corrected chi connectivity index (χ0v) is 20.6. The summed E-state index contributed by atoms with van der Waals surface area (Å²) in [6, 6.07) is 10.1. The number of benzene rings is 1. The molecule has 2 heterocycles. The van der Waals surface area contributed by atoms with E-state index in [1.165, 1.54) is 23.9 Å². The number of Topliss-reactive ketones (excluding diaryl/α,β-unsaturated/α-hetero) is 1. The lowest BCUT2D eigenvalue weighted by Gasteiger charge is -2.16. The Morgan fingerprint density at radius 1 is 1.14 bits per heavy atom. The lowest BCUT2D eigenvalue weighted by atomic mass is 10.1. The Hall–Kier alpha value is -4.41. The first-order valence-electron chi connectivity index (χ1n) is 11.4. The van der Waals surface area contributed by atoms with Crippen molar-refractivity contribution in [3.63, 3.8) is 0 Å². The van der Waals surface area contributed by atoms with Gasteiger partial charge in [-0.25, -0.2) is 14.6 Å². The molecule has 11 heteroatoms. The molecule has 0 saturated carbocycles. The fraction of sp³-hybridized carbons (Fsp3) is 0.320. The first-order valence-corrected chi connectivity index (χ1v) is 11.4. The van der Waals surface area contributed by atoms with Gasteiger partial charge in [-0.05, 0) is 49.2 Å². The monoisotopic (exact) mass is 495 g/mol. The standard InChI is InChI=1S/C25H29N5O6/c1-5-35-17-10-8-16(9-11-17)28-22-18(7-6-12-27-22)24(33)36-14-19(31)20-21(26)30(13-15(2)3)25(34)29(4)23(20)32/h6-12,15H,5,13-14,26H2,1-4H3,(H,27,28). The van der Waals surface area contributed by atoms with E-state index in [1.54, 1.807) is 30.3 Å². The lowest BCUT2D eigenvalue weighted by molar-refractivity contribution is 0.0475. The average Bonchev–Trinajstić information content (AvgIpc) is 2.85. The molecule has 2 aromatic heterocycles. The summed E-state index contributed by atoms with van der Waals surface area (Å²) in [5.41, 5.74) is 4.89. The van der Waals surface area contributed by atoms with Gasteiger partial charge in [-0.2, -0.15) is 0 Å². The average molecular weight is 496 g/mol. The van der Waals surface area contributed by atoms with Crippen molar-refractivity contribution in [1.29, 1.82) is 0 Å². The predicted molar refractivity (Wildman–Crippen MR) is 135 cm³/mol. The number of ether oxygens (including phenoxy) is 2. The molecule has 0 aliphatic rings. The summed E-state index contributed by atoms with van der Waals surface area (Å²) in [5, 5.41) is 3.04. The van der Waals surface area contributed by atoms with Gasteiger partial charge in [0.25, 0.3) is 5.56 Å². The summed E-state index contributed by atoms with van der Waals surface area (Å²) < 4.78 is 12.6. The predicted octanol–water partition coefficient (Wildman–Crippen LogP) is 2.36. The number of carbonyl (C=O) groups is 2. The van der Waals surface area contributed by atoms with Crippen molar-refractivity contribution < 1.29 is 19.1 Å². The molecule has 0 bridgehead atoms. The van der Waals surface area contributed by atoms with Gasteiger partial charge in [0.15, 0.2) is 6.61 Å². The summed E-state index contributed by atoms with van der Waals surface area (Å²) >= 11 is 0. The minimum absolute atomic E-state index is 0.0372. The highest BCUT2D eigenvalue weighted by Crippen LogP contribution is 2.22. The van der Waals surface area contributed by atoms with E-state index >= 15 is 0 Å². The number of nitrogens with zero attached hydrogens (tertiary/aromatic N) is 3. The Morgan fingerprint density at radius 3 is 2.47 bits per heavy atom. The van der Waals surface area contributed by atoms with Crippen LogP contribution in [0.15, 0.2) is 52.2 Å². The smallest absolute Gasteiger partial charge is 0.342 e. The highest BCUT2D eigenvalue weighted by molar-refractivity contribution is 6.03. The fourth-order valence-electron chi connectivity index (χ4n) is 3.48. The second kappa shape index (κ2) is 11.3. The van der Waals surface area contributed by atoms with E-state index in [9.17, 15) is 19.2 Å². The van der Waals surface area contributed by atoms with Crippen molar-refractivity contribution in [3.05, 3.63) is 74.6 Å². The molecule has 1 aromatic carbocycles. The van der Waals surface area contributed by atoms with Gasteiger partial charge in [-0.3, -0.25) is 18.7 Å². The number of nitrogens with two attached hydrogens (primary N) is 1. The minimum atomic E-state index is -0.849. The second-order valence-electron chi connectivity index (χ2n) is 8.39. The zero-order valence-electron chi connectivity index (χ0n) is 20.6. The number of esters is 1. The third-order valence-electron chi connectivity index (χ3n) is 5.20. The molecule has 0 aliphatic heterocycles. The molecule has 0 radical (unpaired) electrons. The molecule has 3 aromatic rings. The van der Waals surface area contributed by atoms with Crippen molar-refractivity contribution >= 4 is 29.1 Å². The molecule has 36 heavy (non-hydrogen) atoms. The minimum Gasteiger partial charge on any atom is -0.494 e. The van der Waals surface area contributed by atoms with Crippen LogP contribution in [0.1, 0.15) is 41.5 Å². The van der Waals surface area contributed by atoms with E-state index in [4.69, 9.17) is 15.2 Å². The van der Waals surface area contributed by atoms with Gasteiger partial charge in [0.1, 0.15) is 28.5 Å². The Morgan fingerprint density at radius 2 is 1.83 bits per heavy atom. The van der Waals surface area contributed by atoms with E-state index in [2.05, 4.69) is 10.3 Å². The van der Waals surface area contributed by atoms with Gasteiger partial charge < -0.3 is 20.5 Å². The number of carbonyl (C=O) groups excluding carboxylic acids is 2. The summed E-state index contributed by atoms with van der Waals surface area (Å²) in [5.74, 6) is -0.931. The number of aromatic nitrogens is 3. The van der Waals surface area contributed by atoms with Gasteiger partial charge in [0, 0.05) is 25.5 Å². The SMILES string of the molecule is CCOc1ccc(Nc2ncccc2C(=O)OCC(=O)c2c(N)n(CC(C)C)c(=O)n(C)c2=O)cc1. The van der Waals surface area contributed by atoms with Gasteiger partial charge >= 0.3 is 11.7 Å². The molecule has 3 rings (SSSR count). The third kappa shape index (κ3) is 5.80. The maximum atomic E-state index is 12.9. The Kier molecular flexibility index (Phi) is 8.26. The summed E-state index contributed by atoms with van der Waals surface area (Å²) in [4.78, 5) is 54.9. The van der Waals surface area contributed by atoms with Crippen LogP contribution < -0.4 is 27.0 Å². The van der Waals surface area contributed by atoms with Crippen LogP contribution in [0.2, 0.25) is 0 Å². The van der Waals surface area contributed by atoms with Crippen molar-refractivity contribution in [2.75, 3.05) is 24.3 Å². The van der Waals surface area contributed by atoms with Crippen LogP contribution in [0.4, 0.5) is 17.3 Å². The van der Waals surface area contributed by atoms with Crippen LogP contribution >= 0.6 is 0 Å². The van der Waals surface area contributed by atoms with Crippen LogP contribution in [0.3, 0.4) is 0 Å². The first-order chi connectivity index (χ1) is 17.1. The van der Waals surface area contributed by atoms with Crippen LogP contribution in [0.25, 0.3) is 0 Å². The highest BCUT2D eigenvalue weighted by Gasteiger charge is 2.24. The van der Waals surface area contributed by atoms with E-state index in [1.807, 2.05) is 20.8 Å². The highest BCUT2D eigenvalue weighted by atomic mass is 16.5. The number of hydrogen-bond acceptors (Lipinski definition) is 9. The van der Waals surface area contributed by atoms with E-state index in [-0.39, 0.29) is 29.7 Å². The van der Waals surface area contributed by atoms with Gasteiger partial charge in [-0.15, -0.1) is 0 Å². The molecule has 0 amide bonds. The summed E-state index contributed by atoms with van der Waals surface area (Å²) in [6.45, 7) is 5.64. The van der Waals surface area contributed by atoms with Crippen LogP contribution in [-0.4, -0.2) is 39.1 Å². The van der Waals surface area contributed by atoms with E-state index < -0.39 is 35.2 Å². The largest absolute Gasteiger partial charge is 0.494 e. The number of hydrogen-bond donors (Lipinski definition) is 2. The molecule has 3 N–H and O–H groups in total. The topological polar surface area (TPSA) is 148 Å². The summed E-state index contributed by atoms with van der Waals surface area (Å²) in [7, 11) is 1.26. The summed E-state index contributed by atoms with van der Waals surface area (Å²) in [6.07, 6.45) is 1.50. The molecule has 0 atom stereocenters. The number of nitrogen functional groups attached to an aromatic ring is 1. The second-order valence-corrected chi connectivity index (χ2v) is 8.39. The van der Waals surface area contributed by atoms with Gasteiger partial charge in [-0.1, -0.05) is 13.8 Å². The van der Waals surface area contributed by atoms with E-state index in [0.717, 1.165) is 4.57 Å². The van der Waals surface area contributed by atoms with Gasteiger partial charge in [0.2, 0.25) is 5.78 Å². The van der Waals surface area contributed by atoms with Crippen LogP contribution in [-0.2, 0) is 18.3 Å². The molecule has 0 fully saturated rings. The maximum absolute atomic E-state index is 12.9. The van der Waals surface area contributed by atoms with Crippen molar-refractivity contribution in [1.82, 2.24) is 14.1 Å². The number of pyridine rings is 1. The van der Waals surface area contributed by atoms with E-state index in [0.29, 0.717) is 18.0 Å². The third-order valence-corrected chi connectivity index (χ3v) is 5.20. The normalized spacial score (nSPS) is 10.8. The molecule has 0 aliphatic carbocycles. The molecule has 0 spiro atoms. The Labute approximate surface area is 207 Å². The molecule has 0 saturated heterocycles. The molecule has 11 nitrogen and oxygen atoms in total. The number of ketones is 1. The zero-order chi connectivity index (χ0) is 26.4. The van der Waals surface area contributed by atoms with Crippen LogP contribution in [0, 0.1) is 5.92 Å². The molecular weight excluding hydrogens is 466 g/mol. The number of rotatable bonds is 10. The Bertz CT molecular complexity index is 1380. The molecule has 190 valence electrons.